The molecular weight excluding hydrogens is 520 g/mol. The van der Waals surface area contributed by atoms with Gasteiger partial charge in [-0.05, 0) is 42.8 Å². The topological polar surface area (TPSA) is 132 Å². The highest BCUT2D eigenvalue weighted by atomic mass is 16.5. The third-order valence-electron chi connectivity index (χ3n) is 6.99. The molecule has 10 heteroatoms. The second-order valence-corrected chi connectivity index (χ2v) is 9.60. The second kappa shape index (κ2) is 10.6. The van der Waals surface area contributed by atoms with Gasteiger partial charge < -0.3 is 15.8 Å². The fourth-order valence-electron chi connectivity index (χ4n) is 5.02. The Morgan fingerprint density at radius 2 is 1.66 bits per heavy atom. The molecule has 3 aromatic carbocycles. The number of fused-ring (bicyclic) bond motifs is 2. The van der Waals surface area contributed by atoms with E-state index in [0.717, 1.165) is 16.8 Å². The summed E-state index contributed by atoms with van der Waals surface area (Å²) in [6.45, 7) is 2.51. The number of imide groups is 1. The zero-order valence-corrected chi connectivity index (χ0v) is 22.2. The number of carbonyl (C=O) groups is 3. The van der Waals surface area contributed by atoms with Crippen molar-refractivity contribution in [1.82, 2.24) is 19.4 Å². The molecule has 6 rings (SSSR count). The van der Waals surface area contributed by atoms with Crippen molar-refractivity contribution in [3.63, 3.8) is 0 Å². The summed E-state index contributed by atoms with van der Waals surface area (Å²) in [6.07, 6.45) is 1.56. The molecule has 0 spiro atoms. The van der Waals surface area contributed by atoms with Crippen molar-refractivity contribution >= 4 is 34.4 Å². The van der Waals surface area contributed by atoms with Gasteiger partial charge in [-0.1, -0.05) is 48.5 Å². The fraction of sp³-hybridized carbons (Fsp3) is 0.129. The molecule has 41 heavy (non-hydrogen) atoms. The highest BCUT2D eigenvalue weighted by Crippen LogP contribution is 2.29. The van der Waals surface area contributed by atoms with Crippen LogP contribution in [0.15, 0.2) is 85.1 Å². The number of nitrogens with two attached hydrogens (primary N) is 1. The molecule has 0 saturated heterocycles. The molecule has 0 aliphatic carbocycles. The molecule has 0 unspecified atom stereocenters. The first kappa shape index (κ1) is 25.8. The van der Waals surface area contributed by atoms with Crippen molar-refractivity contribution in [3.8, 4) is 11.7 Å². The molecule has 3 heterocycles. The van der Waals surface area contributed by atoms with Crippen LogP contribution in [-0.2, 0) is 6.54 Å². The van der Waals surface area contributed by atoms with Crippen LogP contribution in [0, 0.1) is 6.92 Å². The van der Waals surface area contributed by atoms with Gasteiger partial charge in [-0.15, -0.1) is 0 Å². The van der Waals surface area contributed by atoms with Gasteiger partial charge >= 0.3 is 0 Å². The molecule has 1 aliphatic rings. The summed E-state index contributed by atoms with van der Waals surface area (Å²) >= 11 is 0. The first-order valence-electron chi connectivity index (χ1n) is 13.1. The Bertz CT molecular complexity index is 1780. The lowest BCUT2D eigenvalue weighted by molar-refractivity contribution is 0.0631. The first-order chi connectivity index (χ1) is 19.9. The molecule has 0 saturated carbocycles. The first-order valence-corrected chi connectivity index (χ1v) is 13.1. The van der Waals surface area contributed by atoms with Gasteiger partial charge in [-0.3, -0.25) is 23.9 Å². The summed E-state index contributed by atoms with van der Waals surface area (Å²) in [5.74, 6) is -0.00754. The number of nitrogens with zero attached hydrogens (tertiary/aromatic N) is 4. The maximum Gasteiger partial charge on any atom is 0.261 e. The number of amides is 3. The zero-order chi connectivity index (χ0) is 28.5. The molecule has 0 radical (unpaired) electrons. The van der Waals surface area contributed by atoms with Crippen molar-refractivity contribution in [1.29, 1.82) is 0 Å². The number of anilines is 1. The summed E-state index contributed by atoms with van der Waals surface area (Å²) in [5.41, 5.74) is 9.41. The molecule has 0 bridgehead atoms. The summed E-state index contributed by atoms with van der Waals surface area (Å²) in [7, 11) is 0. The van der Waals surface area contributed by atoms with E-state index in [4.69, 9.17) is 15.5 Å². The molecule has 3 N–H and O–H groups in total. The van der Waals surface area contributed by atoms with E-state index in [-0.39, 0.29) is 25.0 Å². The largest absolute Gasteiger partial charge is 0.486 e. The number of rotatable bonds is 9. The second-order valence-electron chi connectivity index (χ2n) is 9.60. The van der Waals surface area contributed by atoms with E-state index >= 15 is 0 Å². The van der Waals surface area contributed by atoms with Gasteiger partial charge in [0.25, 0.3) is 11.8 Å². The van der Waals surface area contributed by atoms with E-state index in [1.807, 2.05) is 54.0 Å². The summed E-state index contributed by atoms with van der Waals surface area (Å²) < 4.78 is 7.86. The predicted octanol–water partition coefficient (Wildman–Crippen LogP) is 4.11. The van der Waals surface area contributed by atoms with E-state index in [9.17, 15) is 14.4 Å². The predicted molar refractivity (Wildman–Crippen MR) is 153 cm³/mol. The summed E-state index contributed by atoms with van der Waals surface area (Å²) in [4.78, 5) is 48.0. The molecule has 3 amide bonds. The zero-order valence-electron chi connectivity index (χ0n) is 22.2. The third kappa shape index (κ3) is 4.76. The number of hydrogen-bond acceptors (Lipinski definition) is 7. The third-order valence-corrected chi connectivity index (χ3v) is 6.99. The number of hydrogen-bond donors (Lipinski definition) is 2. The average Bonchev–Trinajstić information content (AvgIpc) is 3.45. The fourth-order valence-corrected chi connectivity index (χ4v) is 5.02. The molecule has 2 aromatic heterocycles. The number of aromatic nitrogens is 3. The average molecular weight is 547 g/mol. The van der Waals surface area contributed by atoms with Crippen molar-refractivity contribution in [2.24, 2.45) is 5.73 Å². The van der Waals surface area contributed by atoms with Crippen LogP contribution in [0.25, 0.3) is 16.9 Å². The lowest BCUT2D eigenvalue weighted by Gasteiger charge is -2.17. The van der Waals surface area contributed by atoms with Crippen LogP contribution >= 0.6 is 0 Å². The number of primary amides is 1. The maximum atomic E-state index is 12.7. The van der Waals surface area contributed by atoms with Gasteiger partial charge in [-0.2, -0.15) is 4.98 Å². The molecule has 0 atom stereocenters. The van der Waals surface area contributed by atoms with Gasteiger partial charge in [0, 0.05) is 23.2 Å². The Morgan fingerprint density at radius 1 is 0.951 bits per heavy atom. The Labute approximate surface area is 235 Å². The highest BCUT2D eigenvalue weighted by Gasteiger charge is 2.34. The van der Waals surface area contributed by atoms with E-state index in [0.29, 0.717) is 46.1 Å². The number of ether oxygens (including phenoxy) is 1. The van der Waals surface area contributed by atoms with Crippen molar-refractivity contribution in [3.05, 3.63) is 113 Å². The van der Waals surface area contributed by atoms with Gasteiger partial charge in [0.05, 0.1) is 29.4 Å². The molecule has 1 aliphatic heterocycles. The Balaban J connectivity index is 1.29. The Kier molecular flexibility index (Phi) is 6.64. The number of benzene rings is 3. The van der Waals surface area contributed by atoms with Gasteiger partial charge in [-0.25, -0.2) is 4.98 Å². The van der Waals surface area contributed by atoms with Crippen LogP contribution in [0.2, 0.25) is 0 Å². The van der Waals surface area contributed by atoms with E-state index in [2.05, 4.69) is 10.3 Å². The standard InChI is InChI=1S/C31H26N6O4/c1-19-16-24-21(27(32)38)12-7-13-25(24)37(19)31-34-18-26(28(35-31)33-17-20-8-3-2-4-9-20)41-15-14-36-29(39)22-10-5-6-11-23(22)30(36)40/h2-13,16,18H,14-15,17H2,1H3,(H2,32,38)(H,33,34,35). The quantitative estimate of drug-likeness (QED) is 0.266. The number of nitrogens with one attached hydrogen (secondary N) is 1. The van der Waals surface area contributed by atoms with Crippen LogP contribution in [-0.4, -0.2) is 50.3 Å². The number of aryl methyl sites for hydroxylation is 1. The minimum atomic E-state index is -0.513. The molecule has 10 nitrogen and oxygen atoms in total. The van der Waals surface area contributed by atoms with Crippen LogP contribution in [0.3, 0.4) is 0 Å². The van der Waals surface area contributed by atoms with E-state index < -0.39 is 5.91 Å². The number of carbonyl (C=O) groups excluding carboxylic acids is 3. The Hall–Kier alpha value is -5.51. The van der Waals surface area contributed by atoms with E-state index in [1.165, 1.54) is 4.90 Å². The monoisotopic (exact) mass is 546 g/mol. The maximum absolute atomic E-state index is 12.7. The summed E-state index contributed by atoms with van der Waals surface area (Å²) in [6, 6.07) is 23.8. The highest BCUT2D eigenvalue weighted by molar-refractivity contribution is 6.21. The van der Waals surface area contributed by atoms with Gasteiger partial charge in [0.1, 0.15) is 6.61 Å². The SMILES string of the molecule is Cc1cc2c(C(N)=O)cccc2n1-c1ncc(OCCN2C(=O)c3ccccc3C2=O)c(NCc2ccccc2)n1. The van der Waals surface area contributed by atoms with Crippen LogP contribution < -0.4 is 15.8 Å². The van der Waals surface area contributed by atoms with Crippen molar-refractivity contribution < 1.29 is 19.1 Å². The van der Waals surface area contributed by atoms with Crippen LogP contribution in [0.1, 0.15) is 42.3 Å². The van der Waals surface area contributed by atoms with Gasteiger partial charge in [0.15, 0.2) is 11.6 Å². The molecular formula is C31H26N6O4. The Morgan fingerprint density at radius 3 is 2.37 bits per heavy atom. The lowest BCUT2D eigenvalue weighted by Crippen LogP contribution is -2.33. The smallest absolute Gasteiger partial charge is 0.261 e. The minimum absolute atomic E-state index is 0.0572. The molecule has 204 valence electrons. The van der Waals surface area contributed by atoms with Crippen molar-refractivity contribution in [2.45, 2.75) is 13.5 Å². The summed E-state index contributed by atoms with van der Waals surface area (Å²) in [5, 5.41) is 4.04. The normalized spacial score (nSPS) is 12.6. The van der Waals surface area contributed by atoms with E-state index in [1.54, 1.807) is 42.6 Å². The molecule has 5 aromatic rings. The van der Waals surface area contributed by atoms with Crippen molar-refractivity contribution in [2.75, 3.05) is 18.5 Å². The lowest BCUT2D eigenvalue weighted by atomic mass is 10.1. The van der Waals surface area contributed by atoms with Crippen LogP contribution in [0.4, 0.5) is 5.82 Å². The van der Waals surface area contributed by atoms with Crippen LogP contribution in [0.5, 0.6) is 5.75 Å². The van der Waals surface area contributed by atoms with Gasteiger partial charge in [0.2, 0.25) is 11.9 Å². The molecule has 0 fully saturated rings. The minimum Gasteiger partial charge on any atom is -0.486 e.